The van der Waals surface area contributed by atoms with Crippen LogP contribution in [0.5, 0.6) is 0 Å². The zero-order valence-electron chi connectivity index (χ0n) is 13.1. The molecule has 9 heteroatoms. The lowest BCUT2D eigenvalue weighted by Gasteiger charge is -2.19. The number of anilines is 2. The van der Waals surface area contributed by atoms with Gasteiger partial charge in [-0.3, -0.25) is 0 Å². The van der Waals surface area contributed by atoms with E-state index >= 15 is 0 Å². The predicted molar refractivity (Wildman–Crippen MR) is 87.4 cm³/mol. The quantitative estimate of drug-likeness (QED) is 0.761. The number of aromatic nitrogens is 4. The number of aromatic amines is 1. The van der Waals surface area contributed by atoms with Crippen molar-refractivity contribution in [2.75, 3.05) is 23.3 Å². The van der Waals surface area contributed by atoms with Gasteiger partial charge in [0.25, 0.3) is 0 Å². The fourth-order valence-corrected chi connectivity index (χ4v) is 3.01. The Hall–Kier alpha value is -2.84. The highest BCUT2D eigenvalue weighted by molar-refractivity contribution is 5.82. The minimum Gasteiger partial charge on any atom is -0.369 e. The molecule has 25 heavy (non-hydrogen) atoms. The molecule has 0 saturated carbocycles. The van der Waals surface area contributed by atoms with Gasteiger partial charge >= 0.3 is 6.18 Å². The standard InChI is InChI=1S/C16H15F3N6/c17-16(18,19)15-23-13-12(20-9-21-13)14(24-15)22-10-6-7-25(8-10)11-4-2-1-3-5-11/h1-5,9-10H,6-8H2,(H2,20,21,22,23,24)/t10-/m1/s1. The number of fused-ring (bicyclic) bond motifs is 1. The number of imidazole rings is 1. The van der Waals surface area contributed by atoms with Gasteiger partial charge in [-0.15, -0.1) is 0 Å². The van der Waals surface area contributed by atoms with E-state index in [2.05, 4.69) is 30.2 Å². The third kappa shape index (κ3) is 3.09. The molecule has 1 saturated heterocycles. The van der Waals surface area contributed by atoms with Gasteiger partial charge in [-0.05, 0) is 18.6 Å². The Morgan fingerprint density at radius 1 is 1.16 bits per heavy atom. The minimum absolute atomic E-state index is 0.00253. The highest BCUT2D eigenvalue weighted by Gasteiger charge is 2.36. The number of benzene rings is 1. The predicted octanol–water partition coefficient (Wildman–Crippen LogP) is 3.06. The molecular weight excluding hydrogens is 333 g/mol. The van der Waals surface area contributed by atoms with Gasteiger partial charge in [0.1, 0.15) is 5.52 Å². The van der Waals surface area contributed by atoms with Gasteiger partial charge in [-0.25, -0.2) is 15.0 Å². The Kier molecular flexibility index (Phi) is 3.70. The number of nitrogens with one attached hydrogen (secondary N) is 2. The van der Waals surface area contributed by atoms with Crippen LogP contribution in [0.2, 0.25) is 0 Å². The van der Waals surface area contributed by atoms with E-state index in [4.69, 9.17) is 0 Å². The lowest BCUT2D eigenvalue weighted by atomic mass is 10.2. The topological polar surface area (TPSA) is 69.7 Å². The summed E-state index contributed by atoms with van der Waals surface area (Å²) in [7, 11) is 0. The van der Waals surface area contributed by atoms with E-state index in [9.17, 15) is 13.2 Å². The van der Waals surface area contributed by atoms with Crippen molar-refractivity contribution in [2.24, 2.45) is 0 Å². The maximum Gasteiger partial charge on any atom is 0.451 e. The SMILES string of the molecule is FC(F)(F)c1nc(N[C@@H]2CCN(c3ccccc3)C2)c2[nH]cnc2n1. The third-order valence-corrected chi connectivity index (χ3v) is 4.19. The number of rotatable bonds is 3. The van der Waals surface area contributed by atoms with Crippen LogP contribution >= 0.6 is 0 Å². The first-order valence-electron chi connectivity index (χ1n) is 7.85. The number of halogens is 3. The van der Waals surface area contributed by atoms with E-state index in [1.54, 1.807) is 0 Å². The smallest absolute Gasteiger partial charge is 0.369 e. The summed E-state index contributed by atoms with van der Waals surface area (Å²) in [6, 6.07) is 9.89. The summed E-state index contributed by atoms with van der Waals surface area (Å²) in [6.07, 6.45) is -2.50. The lowest BCUT2D eigenvalue weighted by molar-refractivity contribution is -0.144. The molecule has 0 spiro atoms. The van der Waals surface area contributed by atoms with E-state index in [0.717, 1.165) is 18.7 Å². The Bertz CT molecular complexity index is 876. The molecule has 0 unspecified atom stereocenters. The summed E-state index contributed by atoms with van der Waals surface area (Å²) in [5.41, 5.74) is 1.48. The Balaban J connectivity index is 1.58. The number of nitrogens with zero attached hydrogens (tertiary/aromatic N) is 4. The Labute approximate surface area is 141 Å². The summed E-state index contributed by atoms with van der Waals surface area (Å²) in [5, 5.41) is 3.12. The molecule has 1 aliphatic rings. The third-order valence-electron chi connectivity index (χ3n) is 4.19. The van der Waals surface area contributed by atoms with E-state index in [1.165, 1.54) is 6.33 Å². The molecule has 2 N–H and O–H groups in total. The second-order valence-corrected chi connectivity index (χ2v) is 5.91. The highest BCUT2D eigenvalue weighted by Crippen LogP contribution is 2.30. The van der Waals surface area contributed by atoms with Gasteiger partial charge in [0, 0.05) is 24.8 Å². The molecule has 0 aliphatic carbocycles. The monoisotopic (exact) mass is 348 g/mol. The zero-order chi connectivity index (χ0) is 17.4. The summed E-state index contributed by atoms with van der Waals surface area (Å²) in [4.78, 5) is 16.0. The van der Waals surface area contributed by atoms with Crippen LogP contribution in [0.25, 0.3) is 11.2 Å². The van der Waals surface area contributed by atoms with Crippen LogP contribution in [0.4, 0.5) is 24.7 Å². The molecule has 0 radical (unpaired) electrons. The first-order chi connectivity index (χ1) is 12.0. The molecule has 1 fully saturated rings. The number of hydrogen-bond acceptors (Lipinski definition) is 5. The van der Waals surface area contributed by atoms with Gasteiger partial charge in [0.15, 0.2) is 11.5 Å². The van der Waals surface area contributed by atoms with Crippen molar-refractivity contribution in [1.82, 2.24) is 19.9 Å². The van der Waals surface area contributed by atoms with Crippen LogP contribution in [0, 0.1) is 0 Å². The molecule has 6 nitrogen and oxygen atoms in total. The molecule has 3 aromatic rings. The normalized spacial score (nSPS) is 18.0. The lowest BCUT2D eigenvalue weighted by Crippen LogP contribution is -2.27. The first kappa shape index (κ1) is 15.7. The Morgan fingerprint density at radius 2 is 1.96 bits per heavy atom. The van der Waals surface area contributed by atoms with E-state index in [-0.39, 0.29) is 17.5 Å². The van der Waals surface area contributed by atoms with E-state index in [0.29, 0.717) is 12.1 Å². The average molecular weight is 348 g/mol. The molecule has 4 rings (SSSR count). The van der Waals surface area contributed by atoms with Crippen molar-refractivity contribution in [3.8, 4) is 0 Å². The molecule has 1 aromatic carbocycles. The molecule has 0 bridgehead atoms. The second kappa shape index (κ2) is 5.91. The van der Waals surface area contributed by atoms with Crippen molar-refractivity contribution < 1.29 is 13.2 Å². The largest absolute Gasteiger partial charge is 0.451 e. The summed E-state index contributed by atoms with van der Waals surface area (Å²) < 4.78 is 39.0. The average Bonchev–Trinajstić information content (AvgIpc) is 3.24. The van der Waals surface area contributed by atoms with Gasteiger partial charge in [0.2, 0.25) is 5.82 Å². The molecular formula is C16H15F3N6. The molecule has 3 heterocycles. The summed E-state index contributed by atoms with van der Waals surface area (Å²) in [6.45, 7) is 1.51. The van der Waals surface area contributed by atoms with Crippen molar-refractivity contribution >= 4 is 22.7 Å². The van der Waals surface area contributed by atoms with Crippen molar-refractivity contribution in [2.45, 2.75) is 18.6 Å². The van der Waals surface area contributed by atoms with Crippen LogP contribution in [0.15, 0.2) is 36.7 Å². The first-order valence-corrected chi connectivity index (χ1v) is 7.85. The number of hydrogen-bond donors (Lipinski definition) is 2. The molecule has 0 amide bonds. The van der Waals surface area contributed by atoms with E-state index in [1.807, 2.05) is 30.3 Å². The summed E-state index contributed by atoms with van der Waals surface area (Å²) in [5.74, 6) is -1.05. The number of alkyl halides is 3. The molecule has 2 aromatic heterocycles. The van der Waals surface area contributed by atoms with Gasteiger partial charge in [0.05, 0.1) is 6.33 Å². The van der Waals surface area contributed by atoms with E-state index < -0.39 is 12.0 Å². The fourth-order valence-electron chi connectivity index (χ4n) is 3.01. The van der Waals surface area contributed by atoms with Gasteiger partial charge < -0.3 is 15.2 Å². The van der Waals surface area contributed by atoms with Crippen LogP contribution in [0.1, 0.15) is 12.2 Å². The second-order valence-electron chi connectivity index (χ2n) is 5.91. The van der Waals surface area contributed by atoms with Crippen molar-refractivity contribution in [1.29, 1.82) is 0 Å². The van der Waals surface area contributed by atoms with Gasteiger partial charge in [-0.2, -0.15) is 13.2 Å². The highest BCUT2D eigenvalue weighted by atomic mass is 19.4. The summed E-state index contributed by atoms with van der Waals surface area (Å²) >= 11 is 0. The fraction of sp³-hybridized carbons (Fsp3) is 0.312. The zero-order valence-corrected chi connectivity index (χ0v) is 13.1. The number of H-pyrrole nitrogens is 1. The van der Waals surface area contributed by atoms with Gasteiger partial charge in [-0.1, -0.05) is 18.2 Å². The maximum atomic E-state index is 13.0. The number of para-hydroxylation sites is 1. The van der Waals surface area contributed by atoms with Crippen LogP contribution < -0.4 is 10.2 Å². The molecule has 1 atom stereocenters. The molecule has 130 valence electrons. The van der Waals surface area contributed by atoms with Crippen LogP contribution in [-0.4, -0.2) is 39.1 Å². The molecule has 1 aliphatic heterocycles. The minimum atomic E-state index is -4.62. The van der Waals surface area contributed by atoms with Crippen molar-refractivity contribution in [3.05, 3.63) is 42.5 Å². The van der Waals surface area contributed by atoms with Crippen molar-refractivity contribution in [3.63, 3.8) is 0 Å². The Morgan fingerprint density at radius 3 is 2.72 bits per heavy atom. The van der Waals surface area contributed by atoms with Crippen LogP contribution in [-0.2, 0) is 6.18 Å². The maximum absolute atomic E-state index is 13.0. The van der Waals surface area contributed by atoms with Crippen LogP contribution in [0.3, 0.4) is 0 Å².